The van der Waals surface area contributed by atoms with Gasteiger partial charge in [0.15, 0.2) is 0 Å². The molecule has 0 bridgehead atoms. The van der Waals surface area contributed by atoms with E-state index >= 15 is 0 Å². The molecule has 1 aliphatic heterocycles. The first-order chi connectivity index (χ1) is 31.5. The molecule has 1 aliphatic rings. The number of ether oxygens (including phenoxy) is 3. The predicted molar refractivity (Wildman–Crippen MR) is 254 cm³/mol. The number of rotatable bonds is 30. The molecule has 0 aromatic heterocycles. The molecule has 2 rings (SSSR count). The standard InChI is InChI=1S/C49H82N6O12/c1-14-32(7)44(53(11)48(63)42(30(3)4)51-47(62)43(31(5)6)52(10)33(8)15-2)38(65-12)27-39(56)55-23-19-22-37(55)45(66-13)34(9)46(61)50-36(26-35-20-17-16-18-21-35)49(64)67-25-24-54(28-40(57)58)29-41(59)60/h16-18,20-21,30-34,36-38,42-45H,14-15,19,22-29H2,1-13H3,(H,50,61)(H,51,62)(H,57,58)(H,59,60)/t32-,33?,34+,36-,37-,38+,42-,43-,44-,45+/m0/s1. The van der Waals surface area contributed by atoms with Crippen molar-refractivity contribution < 1.29 is 58.0 Å². The number of nitrogens with one attached hydrogen (secondary N) is 2. The van der Waals surface area contributed by atoms with Crippen LogP contribution in [-0.4, -0.2) is 181 Å². The molecule has 18 heteroatoms. The van der Waals surface area contributed by atoms with E-state index in [1.807, 2.05) is 54.7 Å². The molecule has 0 saturated carbocycles. The quantitative estimate of drug-likeness (QED) is 0.0811. The van der Waals surface area contributed by atoms with Gasteiger partial charge in [0.2, 0.25) is 23.6 Å². The molecule has 1 saturated heterocycles. The maximum atomic E-state index is 14.5. The number of carboxylic acid groups (broad SMARTS) is 2. The van der Waals surface area contributed by atoms with Gasteiger partial charge in [0, 0.05) is 46.8 Å². The van der Waals surface area contributed by atoms with Crippen LogP contribution in [0, 0.1) is 23.7 Å². The molecule has 0 spiro atoms. The molecule has 380 valence electrons. The fraction of sp³-hybridized carbons (Fsp3) is 0.735. The molecule has 0 radical (unpaired) electrons. The molecule has 18 nitrogen and oxygen atoms in total. The van der Waals surface area contributed by atoms with Crippen LogP contribution < -0.4 is 10.6 Å². The van der Waals surface area contributed by atoms with Crippen molar-refractivity contribution in [1.82, 2.24) is 30.2 Å². The summed E-state index contributed by atoms with van der Waals surface area (Å²) >= 11 is 0. The first-order valence-corrected chi connectivity index (χ1v) is 23.8. The first kappa shape index (κ1) is 58.5. The van der Waals surface area contributed by atoms with Crippen molar-refractivity contribution in [3.8, 4) is 0 Å². The van der Waals surface area contributed by atoms with E-state index < -0.39 is 85.2 Å². The molecule has 4 amide bonds. The SMILES string of the molecule is CCC(C)N(C)[C@H](C(=O)N[C@H](C(=O)N(C)[C@@H]([C@@H](C)CC)[C@@H](CC(=O)N1CCC[C@H]1[C@H](OC)[C@@H](C)C(=O)N[C@@H](Cc1ccccc1)C(=O)OCCN(CC(=O)O)CC(=O)O)OC)C(C)C)C(C)C. The summed E-state index contributed by atoms with van der Waals surface area (Å²) in [7, 11) is 6.64. The summed E-state index contributed by atoms with van der Waals surface area (Å²) in [6.07, 6.45) is 1.26. The monoisotopic (exact) mass is 947 g/mol. The zero-order valence-electron chi connectivity index (χ0n) is 42.4. The summed E-state index contributed by atoms with van der Waals surface area (Å²) in [5.74, 6) is -5.69. The van der Waals surface area contributed by atoms with Gasteiger partial charge in [-0.05, 0) is 56.6 Å². The van der Waals surface area contributed by atoms with Crippen LogP contribution in [0.3, 0.4) is 0 Å². The average Bonchev–Trinajstić information content (AvgIpc) is 3.76. The van der Waals surface area contributed by atoms with E-state index in [9.17, 15) is 43.8 Å². The Morgan fingerprint density at radius 1 is 0.821 bits per heavy atom. The lowest BCUT2D eigenvalue weighted by molar-refractivity contribution is -0.150. The number of likely N-dealkylation sites (N-methyl/N-ethyl adjacent to an activating group) is 2. The van der Waals surface area contributed by atoms with Crippen LogP contribution in [0.2, 0.25) is 0 Å². The number of benzene rings is 1. The van der Waals surface area contributed by atoms with Crippen LogP contribution in [-0.2, 0) is 54.2 Å². The largest absolute Gasteiger partial charge is 0.480 e. The molecule has 67 heavy (non-hydrogen) atoms. The minimum absolute atomic E-state index is 0.00279. The average molecular weight is 947 g/mol. The normalized spacial score (nSPS) is 18.1. The highest BCUT2D eigenvalue weighted by molar-refractivity contribution is 5.90. The smallest absolute Gasteiger partial charge is 0.329 e. The van der Waals surface area contributed by atoms with Gasteiger partial charge in [-0.25, -0.2) is 4.79 Å². The molecule has 1 aromatic carbocycles. The van der Waals surface area contributed by atoms with Gasteiger partial charge >= 0.3 is 17.9 Å². The lowest BCUT2D eigenvalue weighted by Gasteiger charge is -2.41. The number of hydrogen-bond donors (Lipinski definition) is 4. The fourth-order valence-corrected chi connectivity index (χ4v) is 9.12. The van der Waals surface area contributed by atoms with Crippen molar-refractivity contribution in [2.24, 2.45) is 23.7 Å². The first-order valence-electron chi connectivity index (χ1n) is 23.8. The van der Waals surface area contributed by atoms with E-state index in [1.54, 1.807) is 48.0 Å². The van der Waals surface area contributed by atoms with Crippen molar-refractivity contribution in [3.05, 3.63) is 35.9 Å². The molecule has 10 atom stereocenters. The van der Waals surface area contributed by atoms with Gasteiger partial charge in [0.25, 0.3) is 0 Å². The second kappa shape index (κ2) is 28.6. The predicted octanol–water partition coefficient (Wildman–Crippen LogP) is 3.54. The molecular formula is C49H82N6O12. The molecule has 0 aliphatic carbocycles. The Bertz CT molecular complexity index is 1730. The maximum absolute atomic E-state index is 14.5. The lowest BCUT2D eigenvalue weighted by Crippen LogP contribution is -2.60. The summed E-state index contributed by atoms with van der Waals surface area (Å²) in [5.41, 5.74) is 0.733. The highest BCUT2D eigenvalue weighted by atomic mass is 16.5. The Labute approximate surface area is 398 Å². The highest BCUT2D eigenvalue weighted by Gasteiger charge is 2.44. The van der Waals surface area contributed by atoms with Crippen LogP contribution in [0.15, 0.2) is 30.3 Å². The van der Waals surface area contributed by atoms with Crippen molar-refractivity contribution in [3.63, 3.8) is 0 Å². The zero-order valence-corrected chi connectivity index (χ0v) is 42.4. The summed E-state index contributed by atoms with van der Waals surface area (Å²) in [4.78, 5) is 99.5. The van der Waals surface area contributed by atoms with Gasteiger partial charge in [-0.1, -0.05) is 92.1 Å². The van der Waals surface area contributed by atoms with E-state index in [0.717, 1.165) is 16.9 Å². The second-order valence-electron chi connectivity index (χ2n) is 18.8. The Balaban J connectivity index is 2.32. The number of likely N-dealkylation sites (tertiary alicyclic amines) is 1. The van der Waals surface area contributed by atoms with Crippen LogP contribution in [0.25, 0.3) is 0 Å². The van der Waals surface area contributed by atoms with E-state index in [1.165, 1.54) is 14.2 Å². The van der Waals surface area contributed by atoms with Gasteiger partial charge in [-0.3, -0.25) is 38.6 Å². The summed E-state index contributed by atoms with van der Waals surface area (Å²) in [6, 6.07) is 5.67. The van der Waals surface area contributed by atoms with E-state index in [-0.39, 0.29) is 67.5 Å². The molecule has 1 fully saturated rings. The van der Waals surface area contributed by atoms with Crippen LogP contribution in [0.4, 0.5) is 0 Å². The van der Waals surface area contributed by atoms with E-state index in [0.29, 0.717) is 25.8 Å². The summed E-state index contributed by atoms with van der Waals surface area (Å²) in [5, 5.41) is 24.3. The number of nitrogens with zero attached hydrogens (tertiary/aromatic N) is 4. The third kappa shape index (κ3) is 17.4. The Morgan fingerprint density at radius 2 is 1.43 bits per heavy atom. The topological polar surface area (TPSA) is 225 Å². The molecule has 1 aromatic rings. The number of hydrogen-bond acceptors (Lipinski definition) is 12. The number of carboxylic acids is 2. The van der Waals surface area contributed by atoms with Gasteiger partial charge < -0.3 is 44.9 Å². The van der Waals surface area contributed by atoms with Crippen molar-refractivity contribution >= 4 is 41.5 Å². The van der Waals surface area contributed by atoms with E-state index in [4.69, 9.17) is 14.2 Å². The number of methoxy groups -OCH3 is 2. The van der Waals surface area contributed by atoms with Crippen LogP contribution in [0.1, 0.15) is 100.0 Å². The van der Waals surface area contributed by atoms with Crippen molar-refractivity contribution in [2.45, 2.75) is 149 Å². The molecular weight excluding hydrogens is 865 g/mol. The minimum atomic E-state index is -1.24. The molecule has 4 N–H and O–H groups in total. The van der Waals surface area contributed by atoms with Gasteiger partial charge in [0.1, 0.15) is 18.7 Å². The van der Waals surface area contributed by atoms with Crippen molar-refractivity contribution in [1.29, 1.82) is 0 Å². The van der Waals surface area contributed by atoms with Crippen LogP contribution >= 0.6 is 0 Å². The molecule has 1 unspecified atom stereocenters. The van der Waals surface area contributed by atoms with Crippen molar-refractivity contribution in [2.75, 3.05) is 61.1 Å². The summed E-state index contributed by atoms with van der Waals surface area (Å²) < 4.78 is 17.5. The number of aliphatic carboxylic acids is 2. The third-order valence-corrected chi connectivity index (χ3v) is 13.4. The zero-order chi connectivity index (χ0) is 50.7. The number of esters is 1. The molecule has 1 heterocycles. The number of carbonyl (C=O) groups is 7. The Hall–Kier alpha value is -4.65. The summed E-state index contributed by atoms with van der Waals surface area (Å²) in [6.45, 7) is 16.4. The van der Waals surface area contributed by atoms with Gasteiger partial charge in [-0.15, -0.1) is 0 Å². The van der Waals surface area contributed by atoms with Crippen LogP contribution in [0.5, 0.6) is 0 Å². The number of carbonyl (C=O) groups excluding carboxylic acids is 5. The fourth-order valence-electron chi connectivity index (χ4n) is 9.12. The Morgan fingerprint density at radius 3 is 1.94 bits per heavy atom. The highest BCUT2D eigenvalue weighted by Crippen LogP contribution is 2.30. The number of amides is 4. The lowest BCUT2D eigenvalue weighted by atomic mass is 9.89. The Kier molecular flexibility index (Phi) is 25.0. The maximum Gasteiger partial charge on any atom is 0.329 e. The van der Waals surface area contributed by atoms with Gasteiger partial charge in [0.05, 0.1) is 55.8 Å². The minimum Gasteiger partial charge on any atom is -0.480 e. The third-order valence-electron chi connectivity index (χ3n) is 13.4. The van der Waals surface area contributed by atoms with E-state index in [2.05, 4.69) is 29.4 Å². The second-order valence-corrected chi connectivity index (χ2v) is 18.8. The van der Waals surface area contributed by atoms with Gasteiger partial charge in [-0.2, -0.15) is 0 Å².